The van der Waals surface area contributed by atoms with Crippen molar-refractivity contribution >= 4 is 5.91 Å². The van der Waals surface area contributed by atoms with Crippen molar-refractivity contribution in [2.45, 2.75) is 40.0 Å². The largest absolute Gasteiger partial charge is 0.332 e. The Labute approximate surface area is 87.7 Å². The van der Waals surface area contributed by atoms with Crippen LogP contribution in [0.2, 0.25) is 0 Å². The first-order chi connectivity index (χ1) is 6.65. The molecule has 2 heteroatoms. The minimum Gasteiger partial charge on any atom is -0.332 e. The van der Waals surface area contributed by atoms with E-state index in [1.54, 1.807) is 4.90 Å². The van der Waals surface area contributed by atoms with Crippen molar-refractivity contribution in [1.82, 2.24) is 4.90 Å². The quantitative estimate of drug-likeness (QED) is 0.595. The lowest BCUT2D eigenvalue weighted by molar-refractivity contribution is -0.131. The molecule has 80 valence electrons. The molecule has 0 saturated heterocycles. The standard InChI is InChI=1S/C12H21NO/c1-5-8-13(9-6-2)12(14)10-11(4)7-3/h1,11H,6-10H2,2-4H3. The zero-order valence-corrected chi connectivity index (χ0v) is 9.55. The Kier molecular flexibility index (Phi) is 6.92. The second-order valence-electron chi connectivity index (χ2n) is 3.74. The Balaban J connectivity index is 4.08. The fourth-order valence-electron chi connectivity index (χ4n) is 1.24. The van der Waals surface area contributed by atoms with Crippen molar-refractivity contribution in [3.63, 3.8) is 0 Å². The molecule has 0 fully saturated rings. The van der Waals surface area contributed by atoms with Gasteiger partial charge in [-0.25, -0.2) is 0 Å². The van der Waals surface area contributed by atoms with Crippen molar-refractivity contribution in [3.8, 4) is 12.3 Å². The number of carbonyl (C=O) groups is 1. The highest BCUT2D eigenvalue weighted by atomic mass is 16.2. The van der Waals surface area contributed by atoms with Gasteiger partial charge in [0.05, 0.1) is 6.54 Å². The molecule has 0 saturated carbocycles. The van der Waals surface area contributed by atoms with Crippen molar-refractivity contribution in [2.75, 3.05) is 13.1 Å². The first-order valence-corrected chi connectivity index (χ1v) is 5.36. The van der Waals surface area contributed by atoms with E-state index in [9.17, 15) is 4.79 Å². The second-order valence-corrected chi connectivity index (χ2v) is 3.74. The lowest BCUT2D eigenvalue weighted by Gasteiger charge is -2.21. The molecular formula is C12H21NO. The first kappa shape index (κ1) is 13.0. The van der Waals surface area contributed by atoms with Crippen LogP contribution in [0.4, 0.5) is 0 Å². The summed E-state index contributed by atoms with van der Waals surface area (Å²) in [6.07, 6.45) is 7.85. The van der Waals surface area contributed by atoms with E-state index in [4.69, 9.17) is 6.42 Å². The zero-order chi connectivity index (χ0) is 11.0. The van der Waals surface area contributed by atoms with E-state index in [0.717, 1.165) is 19.4 Å². The van der Waals surface area contributed by atoms with Gasteiger partial charge < -0.3 is 4.90 Å². The van der Waals surface area contributed by atoms with E-state index < -0.39 is 0 Å². The summed E-state index contributed by atoms with van der Waals surface area (Å²) < 4.78 is 0. The van der Waals surface area contributed by atoms with Crippen LogP contribution in [-0.4, -0.2) is 23.9 Å². The fraction of sp³-hybridized carbons (Fsp3) is 0.750. The Morgan fingerprint density at radius 1 is 1.50 bits per heavy atom. The molecule has 0 N–H and O–H groups in total. The molecular weight excluding hydrogens is 174 g/mol. The van der Waals surface area contributed by atoms with E-state index in [1.165, 1.54) is 0 Å². The summed E-state index contributed by atoms with van der Waals surface area (Å²) in [6.45, 7) is 7.48. The predicted molar refractivity (Wildman–Crippen MR) is 59.8 cm³/mol. The minimum atomic E-state index is 0.194. The summed E-state index contributed by atoms with van der Waals surface area (Å²) in [6, 6.07) is 0. The topological polar surface area (TPSA) is 20.3 Å². The maximum Gasteiger partial charge on any atom is 0.223 e. The Morgan fingerprint density at radius 3 is 2.57 bits per heavy atom. The Hall–Kier alpha value is -0.970. The predicted octanol–water partition coefficient (Wildman–Crippen LogP) is 2.29. The van der Waals surface area contributed by atoms with E-state index in [0.29, 0.717) is 18.9 Å². The molecule has 0 aromatic heterocycles. The molecule has 0 aromatic rings. The molecule has 2 nitrogen and oxygen atoms in total. The number of amides is 1. The Bertz CT molecular complexity index is 205. The summed E-state index contributed by atoms with van der Waals surface area (Å²) in [5.74, 6) is 3.18. The number of rotatable bonds is 6. The second kappa shape index (κ2) is 7.44. The first-order valence-electron chi connectivity index (χ1n) is 5.36. The molecule has 0 heterocycles. The van der Waals surface area contributed by atoms with E-state index in [-0.39, 0.29) is 5.91 Å². The van der Waals surface area contributed by atoms with Crippen LogP contribution >= 0.6 is 0 Å². The summed E-state index contributed by atoms with van der Waals surface area (Å²) in [5, 5.41) is 0. The SMILES string of the molecule is C#CCN(CCC)C(=O)CC(C)CC. The lowest BCUT2D eigenvalue weighted by atomic mass is 10.0. The molecule has 0 spiro atoms. The molecule has 0 aliphatic rings. The number of hydrogen-bond donors (Lipinski definition) is 0. The van der Waals surface area contributed by atoms with Crippen molar-refractivity contribution in [3.05, 3.63) is 0 Å². The smallest absolute Gasteiger partial charge is 0.223 e. The number of carbonyl (C=O) groups excluding carboxylic acids is 1. The molecule has 14 heavy (non-hydrogen) atoms. The van der Waals surface area contributed by atoms with Crippen LogP contribution in [0.3, 0.4) is 0 Å². The molecule has 1 unspecified atom stereocenters. The highest BCUT2D eigenvalue weighted by Gasteiger charge is 2.13. The maximum absolute atomic E-state index is 11.7. The molecule has 1 atom stereocenters. The molecule has 0 aliphatic heterocycles. The fourth-order valence-corrected chi connectivity index (χ4v) is 1.24. The average Bonchev–Trinajstić information content (AvgIpc) is 2.17. The van der Waals surface area contributed by atoms with Gasteiger partial charge in [-0.15, -0.1) is 6.42 Å². The van der Waals surface area contributed by atoms with E-state index in [2.05, 4.69) is 26.7 Å². The van der Waals surface area contributed by atoms with Gasteiger partial charge in [0.25, 0.3) is 0 Å². The summed E-state index contributed by atoms with van der Waals surface area (Å²) in [5.41, 5.74) is 0. The molecule has 1 amide bonds. The number of nitrogens with zero attached hydrogens (tertiary/aromatic N) is 1. The minimum absolute atomic E-state index is 0.194. The zero-order valence-electron chi connectivity index (χ0n) is 9.55. The van der Waals surface area contributed by atoms with Gasteiger partial charge in [0.2, 0.25) is 5.91 Å². The van der Waals surface area contributed by atoms with Crippen LogP contribution in [0.5, 0.6) is 0 Å². The van der Waals surface area contributed by atoms with Gasteiger partial charge in [-0.3, -0.25) is 4.79 Å². The van der Waals surface area contributed by atoms with Gasteiger partial charge >= 0.3 is 0 Å². The van der Waals surface area contributed by atoms with Crippen LogP contribution in [0.25, 0.3) is 0 Å². The van der Waals surface area contributed by atoms with Crippen molar-refractivity contribution in [2.24, 2.45) is 5.92 Å². The molecule has 0 radical (unpaired) electrons. The van der Waals surface area contributed by atoms with Gasteiger partial charge in [0.15, 0.2) is 0 Å². The lowest BCUT2D eigenvalue weighted by Crippen LogP contribution is -2.33. The van der Waals surface area contributed by atoms with Crippen LogP contribution in [0.1, 0.15) is 40.0 Å². The number of terminal acetylenes is 1. The van der Waals surface area contributed by atoms with E-state index in [1.807, 2.05) is 0 Å². The van der Waals surface area contributed by atoms with Crippen molar-refractivity contribution in [1.29, 1.82) is 0 Å². The van der Waals surface area contributed by atoms with Gasteiger partial charge in [0.1, 0.15) is 0 Å². The van der Waals surface area contributed by atoms with Gasteiger partial charge in [-0.05, 0) is 12.3 Å². The van der Waals surface area contributed by atoms with Crippen LogP contribution < -0.4 is 0 Å². The van der Waals surface area contributed by atoms with Gasteiger partial charge in [-0.2, -0.15) is 0 Å². The third-order valence-electron chi connectivity index (χ3n) is 2.35. The van der Waals surface area contributed by atoms with Crippen LogP contribution in [0, 0.1) is 18.3 Å². The van der Waals surface area contributed by atoms with Crippen LogP contribution in [-0.2, 0) is 4.79 Å². The summed E-state index contributed by atoms with van der Waals surface area (Å²) >= 11 is 0. The van der Waals surface area contributed by atoms with Crippen molar-refractivity contribution < 1.29 is 4.79 Å². The van der Waals surface area contributed by atoms with Gasteiger partial charge in [0, 0.05) is 13.0 Å². The Morgan fingerprint density at radius 2 is 2.14 bits per heavy atom. The maximum atomic E-state index is 11.7. The molecule has 0 bridgehead atoms. The molecule has 0 rings (SSSR count). The van der Waals surface area contributed by atoms with Crippen LogP contribution in [0.15, 0.2) is 0 Å². The van der Waals surface area contributed by atoms with Gasteiger partial charge in [-0.1, -0.05) is 33.1 Å². The molecule has 0 aliphatic carbocycles. The summed E-state index contributed by atoms with van der Waals surface area (Å²) in [4.78, 5) is 13.5. The highest BCUT2D eigenvalue weighted by molar-refractivity contribution is 5.76. The molecule has 0 aromatic carbocycles. The average molecular weight is 195 g/mol. The van der Waals surface area contributed by atoms with E-state index >= 15 is 0 Å². The monoisotopic (exact) mass is 195 g/mol. The normalized spacial score (nSPS) is 11.9. The third kappa shape index (κ3) is 4.91. The third-order valence-corrected chi connectivity index (χ3v) is 2.35. The summed E-state index contributed by atoms with van der Waals surface area (Å²) in [7, 11) is 0. The number of hydrogen-bond acceptors (Lipinski definition) is 1. The highest BCUT2D eigenvalue weighted by Crippen LogP contribution is 2.09.